The lowest BCUT2D eigenvalue weighted by Crippen LogP contribution is -2.09. The van der Waals surface area contributed by atoms with Gasteiger partial charge >= 0.3 is 5.97 Å². The molecule has 0 saturated heterocycles. The second kappa shape index (κ2) is 8.62. The number of methoxy groups -OCH3 is 2. The molecule has 2 aromatic carbocycles. The molecule has 0 atom stereocenters. The lowest BCUT2D eigenvalue weighted by atomic mass is 10.2. The average molecular weight is 362 g/mol. The van der Waals surface area contributed by atoms with Crippen LogP contribution in [0.3, 0.4) is 0 Å². The minimum absolute atomic E-state index is 0.331. The summed E-state index contributed by atoms with van der Waals surface area (Å²) >= 11 is 0. The van der Waals surface area contributed by atoms with Crippen LogP contribution < -0.4 is 14.2 Å². The summed E-state index contributed by atoms with van der Waals surface area (Å²) in [6.07, 6.45) is 4.77. The van der Waals surface area contributed by atoms with E-state index in [1.54, 1.807) is 43.7 Å². The molecule has 1 aromatic heterocycles. The third kappa shape index (κ3) is 4.70. The number of hydrogen-bond donors (Lipinski definition) is 0. The summed E-state index contributed by atoms with van der Waals surface area (Å²) < 4.78 is 15.9. The second-order valence-electron chi connectivity index (χ2n) is 5.50. The largest absolute Gasteiger partial charge is 0.497 e. The minimum atomic E-state index is -0.478. The van der Waals surface area contributed by atoms with Gasteiger partial charge in [-0.3, -0.25) is 9.98 Å². The van der Waals surface area contributed by atoms with Gasteiger partial charge in [0.15, 0.2) is 11.5 Å². The Morgan fingerprint density at radius 3 is 2.52 bits per heavy atom. The van der Waals surface area contributed by atoms with Gasteiger partial charge < -0.3 is 14.2 Å². The van der Waals surface area contributed by atoms with E-state index in [0.29, 0.717) is 17.1 Å². The van der Waals surface area contributed by atoms with Crippen molar-refractivity contribution in [3.8, 4) is 17.2 Å². The number of benzene rings is 2. The molecule has 0 amide bonds. The zero-order chi connectivity index (χ0) is 19.1. The Balaban J connectivity index is 1.77. The van der Waals surface area contributed by atoms with Crippen LogP contribution in [0, 0.1) is 0 Å². The first-order valence-electron chi connectivity index (χ1n) is 8.18. The Morgan fingerprint density at radius 2 is 1.78 bits per heavy atom. The maximum absolute atomic E-state index is 12.2. The Kier molecular flexibility index (Phi) is 5.79. The van der Waals surface area contributed by atoms with Crippen molar-refractivity contribution in [3.05, 3.63) is 78.1 Å². The summed E-state index contributed by atoms with van der Waals surface area (Å²) in [5.74, 6) is 1.03. The molecule has 0 fully saturated rings. The van der Waals surface area contributed by atoms with Crippen LogP contribution in [0.2, 0.25) is 0 Å². The van der Waals surface area contributed by atoms with Crippen LogP contribution in [0.25, 0.3) is 0 Å². The van der Waals surface area contributed by atoms with Crippen LogP contribution in [0.1, 0.15) is 15.9 Å². The van der Waals surface area contributed by atoms with Gasteiger partial charge in [0.1, 0.15) is 5.75 Å². The molecule has 0 radical (unpaired) electrons. The van der Waals surface area contributed by atoms with Crippen molar-refractivity contribution < 1.29 is 19.0 Å². The number of carbonyl (C=O) groups excluding carboxylic acids is 1. The molecule has 0 aliphatic heterocycles. The fourth-order valence-electron chi connectivity index (χ4n) is 2.34. The lowest BCUT2D eigenvalue weighted by Gasteiger charge is -2.09. The zero-order valence-electron chi connectivity index (χ0n) is 15.0. The summed E-state index contributed by atoms with van der Waals surface area (Å²) in [6.45, 7) is 0. The molecule has 3 rings (SSSR count). The van der Waals surface area contributed by atoms with E-state index in [1.165, 1.54) is 19.5 Å². The van der Waals surface area contributed by atoms with Crippen LogP contribution in [-0.2, 0) is 0 Å². The van der Waals surface area contributed by atoms with E-state index in [1.807, 2.05) is 24.3 Å². The number of ether oxygens (including phenoxy) is 3. The van der Waals surface area contributed by atoms with Crippen molar-refractivity contribution in [2.45, 2.75) is 0 Å². The predicted molar refractivity (Wildman–Crippen MR) is 102 cm³/mol. The Morgan fingerprint density at radius 1 is 0.963 bits per heavy atom. The Bertz CT molecular complexity index is 955. The second-order valence-corrected chi connectivity index (χ2v) is 5.50. The first-order chi connectivity index (χ1) is 13.2. The van der Waals surface area contributed by atoms with Crippen molar-refractivity contribution in [2.75, 3.05) is 14.2 Å². The van der Waals surface area contributed by atoms with Gasteiger partial charge in [0.2, 0.25) is 0 Å². The molecule has 0 aliphatic rings. The van der Waals surface area contributed by atoms with Gasteiger partial charge in [-0.2, -0.15) is 0 Å². The number of carbonyl (C=O) groups is 1. The van der Waals surface area contributed by atoms with Gasteiger partial charge in [-0.05, 0) is 48.0 Å². The zero-order valence-corrected chi connectivity index (χ0v) is 15.0. The van der Waals surface area contributed by atoms with Crippen molar-refractivity contribution in [2.24, 2.45) is 4.99 Å². The van der Waals surface area contributed by atoms with Gasteiger partial charge in [-0.1, -0.05) is 6.07 Å². The van der Waals surface area contributed by atoms with Crippen molar-refractivity contribution in [3.63, 3.8) is 0 Å². The number of rotatable bonds is 6. The normalized spacial score (nSPS) is 10.6. The van der Waals surface area contributed by atoms with Gasteiger partial charge in [0, 0.05) is 24.7 Å². The standard InChI is InChI=1S/C21H18N2O4/c1-25-18-5-3-4-17(13-18)23-14-15-6-7-19(20(12-15)26-2)27-21(24)16-8-10-22-11-9-16/h3-14H,1-2H3. The maximum atomic E-state index is 12.2. The summed E-state index contributed by atoms with van der Waals surface area (Å²) in [5.41, 5.74) is 1.98. The highest BCUT2D eigenvalue weighted by atomic mass is 16.6. The van der Waals surface area contributed by atoms with Crippen molar-refractivity contribution in [1.82, 2.24) is 4.98 Å². The summed E-state index contributed by atoms with van der Waals surface area (Å²) in [7, 11) is 3.13. The van der Waals surface area contributed by atoms with Crippen LogP contribution >= 0.6 is 0 Å². The number of esters is 1. The molecule has 0 spiro atoms. The minimum Gasteiger partial charge on any atom is -0.497 e. The van der Waals surface area contributed by atoms with Gasteiger partial charge in [0.25, 0.3) is 0 Å². The van der Waals surface area contributed by atoms with Gasteiger partial charge in [0.05, 0.1) is 25.5 Å². The molecular formula is C21H18N2O4. The molecule has 1 heterocycles. The number of aliphatic imine (C=N–C) groups is 1. The molecule has 6 heteroatoms. The molecule has 0 saturated carbocycles. The van der Waals surface area contributed by atoms with E-state index in [-0.39, 0.29) is 0 Å². The monoisotopic (exact) mass is 362 g/mol. The molecule has 136 valence electrons. The molecule has 0 bridgehead atoms. The average Bonchev–Trinajstić information content (AvgIpc) is 2.73. The number of nitrogens with zero attached hydrogens (tertiary/aromatic N) is 2. The quantitative estimate of drug-likeness (QED) is 0.376. The highest BCUT2D eigenvalue weighted by molar-refractivity contribution is 5.91. The van der Waals surface area contributed by atoms with Crippen molar-refractivity contribution in [1.29, 1.82) is 0 Å². The molecule has 0 unspecified atom stereocenters. The first-order valence-corrected chi connectivity index (χ1v) is 8.18. The summed E-state index contributed by atoms with van der Waals surface area (Å²) in [5, 5.41) is 0. The predicted octanol–water partition coefficient (Wildman–Crippen LogP) is 4.07. The lowest BCUT2D eigenvalue weighted by molar-refractivity contribution is 0.0729. The van der Waals surface area contributed by atoms with Crippen LogP contribution in [0.5, 0.6) is 17.2 Å². The van der Waals surface area contributed by atoms with E-state index >= 15 is 0 Å². The SMILES string of the molecule is COc1cccc(N=Cc2ccc(OC(=O)c3ccncc3)c(OC)c2)c1. The molecule has 27 heavy (non-hydrogen) atoms. The van der Waals surface area contributed by atoms with E-state index in [0.717, 1.165) is 17.0 Å². The highest BCUT2D eigenvalue weighted by Gasteiger charge is 2.12. The fraction of sp³-hybridized carbons (Fsp3) is 0.0952. The first kappa shape index (κ1) is 18.1. The van der Waals surface area contributed by atoms with Crippen LogP contribution in [0.15, 0.2) is 72.0 Å². The topological polar surface area (TPSA) is 70.0 Å². The number of pyridine rings is 1. The van der Waals surface area contributed by atoms with E-state index < -0.39 is 5.97 Å². The van der Waals surface area contributed by atoms with Crippen LogP contribution in [-0.4, -0.2) is 31.4 Å². The highest BCUT2D eigenvalue weighted by Crippen LogP contribution is 2.29. The summed E-state index contributed by atoms with van der Waals surface area (Å²) in [4.78, 5) is 20.5. The van der Waals surface area contributed by atoms with E-state index in [9.17, 15) is 4.79 Å². The fourth-order valence-corrected chi connectivity index (χ4v) is 2.34. The summed E-state index contributed by atoms with van der Waals surface area (Å²) in [6, 6.07) is 15.8. The Labute approximate surface area is 157 Å². The smallest absolute Gasteiger partial charge is 0.343 e. The molecule has 3 aromatic rings. The number of aromatic nitrogens is 1. The van der Waals surface area contributed by atoms with Gasteiger partial charge in [-0.15, -0.1) is 0 Å². The third-order valence-electron chi connectivity index (χ3n) is 3.72. The maximum Gasteiger partial charge on any atom is 0.343 e. The van der Waals surface area contributed by atoms with E-state index in [4.69, 9.17) is 14.2 Å². The van der Waals surface area contributed by atoms with Crippen molar-refractivity contribution >= 4 is 17.9 Å². The third-order valence-corrected chi connectivity index (χ3v) is 3.72. The van der Waals surface area contributed by atoms with E-state index in [2.05, 4.69) is 9.98 Å². The molecular weight excluding hydrogens is 344 g/mol. The molecule has 0 aliphatic carbocycles. The van der Waals surface area contributed by atoms with Gasteiger partial charge in [-0.25, -0.2) is 4.79 Å². The van der Waals surface area contributed by atoms with Crippen LogP contribution in [0.4, 0.5) is 5.69 Å². The molecule has 6 nitrogen and oxygen atoms in total. The Hall–Kier alpha value is -3.67. The molecule has 0 N–H and O–H groups in total. The number of hydrogen-bond acceptors (Lipinski definition) is 6.